The molecule has 0 radical (unpaired) electrons. The van der Waals surface area contributed by atoms with Crippen molar-refractivity contribution in [1.82, 2.24) is 4.90 Å². The second-order valence-electron chi connectivity index (χ2n) is 8.41. The fourth-order valence-electron chi connectivity index (χ4n) is 4.01. The normalized spacial score (nSPS) is 14.4. The van der Waals surface area contributed by atoms with Crippen molar-refractivity contribution in [3.05, 3.63) is 35.2 Å². The van der Waals surface area contributed by atoms with Crippen LogP contribution in [0.5, 0.6) is 23.0 Å². The van der Waals surface area contributed by atoms with Gasteiger partial charge in [0.2, 0.25) is 5.91 Å². The Labute approximate surface area is 218 Å². The van der Waals surface area contributed by atoms with E-state index in [0.717, 1.165) is 18.5 Å². The maximum atomic E-state index is 13.2. The summed E-state index contributed by atoms with van der Waals surface area (Å²) in [4.78, 5) is 16.4. The van der Waals surface area contributed by atoms with Gasteiger partial charge in [0.05, 0.1) is 50.8 Å². The van der Waals surface area contributed by atoms with Crippen molar-refractivity contribution in [1.29, 1.82) is 0 Å². The van der Waals surface area contributed by atoms with E-state index in [1.54, 1.807) is 24.3 Å². The molecule has 0 saturated carbocycles. The van der Waals surface area contributed by atoms with Crippen molar-refractivity contribution in [3.8, 4) is 23.0 Å². The molecule has 0 atom stereocenters. The predicted octanol–water partition coefficient (Wildman–Crippen LogP) is 2.84. The van der Waals surface area contributed by atoms with Crippen molar-refractivity contribution in [2.24, 2.45) is 0 Å². The number of amides is 1. The number of carbonyl (C=O) groups is 1. The summed E-state index contributed by atoms with van der Waals surface area (Å²) in [7, 11) is 3.99. The van der Waals surface area contributed by atoms with Crippen molar-refractivity contribution in [2.75, 3.05) is 76.6 Å². The number of piperazine rings is 1. The quantitative estimate of drug-likeness (QED) is 0.474. The smallest absolute Gasteiger partial charge is 0.255 e. The van der Waals surface area contributed by atoms with E-state index >= 15 is 0 Å². The molecule has 1 heterocycles. The predicted molar refractivity (Wildman–Crippen MR) is 145 cm³/mol. The molecule has 2 aromatic rings. The number of anilines is 3. The first-order chi connectivity index (χ1) is 17.6. The Morgan fingerprint density at radius 1 is 0.919 bits per heavy atom. The van der Waals surface area contributed by atoms with Gasteiger partial charge in [0.25, 0.3) is 10.0 Å². The molecule has 1 amide bonds. The molecule has 0 aliphatic carbocycles. The molecule has 12 heteroatoms. The van der Waals surface area contributed by atoms with Crippen LogP contribution >= 0.6 is 0 Å². The fraction of sp³-hybridized carbons (Fsp3) is 0.400. The first kappa shape index (κ1) is 27.9. The lowest BCUT2D eigenvalue weighted by Gasteiger charge is -2.36. The molecule has 0 bridgehead atoms. The summed E-state index contributed by atoms with van der Waals surface area (Å²) < 4.78 is 50.5. The Morgan fingerprint density at radius 2 is 1.51 bits per heavy atom. The van der Waals surface area contributed by atoms with E-state index < -0.39 is 10.0 Å². The van der Waals surface area contributed by atoms with Gasteiger partial charge in [-0.3, -0.25) is 9.52 Å². The highest BCUT2D eigenvalue weighted by molar-refractivity contribution is 7.95. The number of hydrogen-bond donors (Lipinski definition) is 2. The summed E-state index contributed by atoms with van der Waals surface area (Å²) in [6.45, 7) is 4.37. The zero-order chi connectivity index (χ0) is 27.2. The fourth-order valence-corrected chi connectivity index (χ4v) is 4.87. The van der Waals surface area contributed by atoms with Gasteiger partial charge in [-0.2, -0.15) is 0 Å². The number of hydrogen-bond acceptors (Lipinski definition) is 9. The molecule has 37 heavy (non-hydrogen) atoms. The third-order valence-corrected chi connectivity index (χ3v) is 6.90. The van der Waals surface area contributed by atoms with Crippen LogP contribution in [0.2, 0.25) is 0 Å². The molecule has 0 spiro atoms. The molecule has 11 nitrogen and oxygen atoms in total. The minimum absolute atomic E-state index is 0.211. The first-order valence-corrected chi connectivity index (χ1v) is 13.1. The lowest BCUT2D eigenvalue weighted by molar-refractivity contribution is -0.114. The van der Waals surface area contributed by atoms with Gasteiger partial charge in [-0.1, -0.05) is 0 Å². The molecule has 2 aromatic carbocycles. The average Bonchev–Trinajstić information content (AvgIpc) is 2.87. The summed E-state index contributed by atoms with van der Waals surface area (Å²) in [6.07, 6.45) is 1.38. The molecule has 2 N–H and O–H groups in total. The van der Waals surface area contributed by atoms with Crippen LogP contribution in [0, 0.1) is 0 Å². The zero-order valence-corrected chi connectivity index (χ0v) is 22.8. The second kappa shape index (κ2) is 12.1. The van der Waals surface area contributed by atoms with Crippen LogP contribution in [0.1, 0.15) is 12.5 Å². The highest BCUT2D eigenvalue weighted by Crippen LogP contribution is 2.42. The molecule has 0 aromatic heterocycles. The minimum Gasteiger partial charge on any atom is -0.496 e. The second-order valence-corrected chi connectivity index (χ2v) is 9.97. The van der Waals surface area contributed by atoms with Gasteiger partial charge in [-0.05, 0) is 25.3 Å². The van der Waals surface area contributed by atoms with Crippen molar-refractivity contribution < 1.29 is 32.2 Å². The van der Waals surface area contributed by atoms with Gasteiger partial charge in [0, 0.05) is 45.2 Å². The molecule has 202 valence electrons. The topological polar surface area (TPSA) is 119 Å². The summed E-state index contributed by atoms with van der Waals surface area (Å²) in [5, 5.41) is 3.80. The van der Waals surface area contributed by atoms with Crippen LogP contribution in [0.4, 0.5) is 17.1 Å². The van der Waals surface area contributed by atoms with E-state index in [0.29, 0.717) is 53.0 Å². The molecule has 1 aliphatic heterocycles. The molecule has 0 unspecified atom stereocenters. The highest BCUT2D eigenvalue weighted by Gasteiger charge is 2.25. The number of methoxy groups -OCH3 is 4. The summed E-state index contributed by atoms with van der Waals surface area (Å²) in [5.74, 6) is 1.44. The van der Waals surface area contributed by atoms with Gasteiger partial charge in [-0.25, -0.2) is 8.42 Å². The maximum absolute atomic E-state index is 13.2. The van der Waals surface area contributed by atoms with Crippen LogP contribution in [-0.4, -0.2) is 80.9 Å². The van der Waals surface area contributed by atoms with Gasteiger partial charge in [0.15, 0.2) is 0 Å². The SMILES string of the molecule is COc1cc(OC)c(C=CS(=O)(=O)Nc2ccc(OC)c(N3CCN(C)CC3)c2NC(C)=O)c(OC)c1. The lowest BCUT2D eigenvalue weighted by Crippen LogP contribution is -2.45. The largest absolute Gasteiger partial charge is 0.496 e. The average molecular weight is 535 g/mol. The summed E-state index contributed by atoms with van der Waals surface area (Å²) >= 11 is 0. The number of benzene rings is 2. The van der Waals surface area contributed by atoms with Crippen LogP contribution in [0.3, 0.4) is 0 Å². The zero-order valence-electron chi connectivity index (χ0n) is 22.0. The molecular weight excluding hydrogens is 500 g/mol. The van der Waals surface area contributed by atoms with Crippen molar-refractivity contribution in [3.63, 3.8) is 0 Å². The Balaban J connectivity index is 2.01. The van der Waals surface area contributed by atoms with Gasteiger partial charge in [0.1, 0.15) is 28.7 Å². The lowest BCUT2D eigenvalue weighted by atomic mass is 10.1. The van der Waals surface area contributed by atoms with Gasteiger partial charge >= 0.3 is 0 Å². The van der Waals surface area contributed by atoms with E-state index in [1.807, 2.05) is 7.05 Å². The number of rotatable bonds is 10. The third-order valence-electron chi connectivity index (χ3n) is 5.90. The van der Waals surface area contributed by atoms with E-state index in [-0.39, 0.29) is 11.6 Å². The standard InChI is InChI=1S/C25H34N4O7S/c1-17(30)26-24-20(7-8-21(34-4)25(24)29-12-10-28(2)11-13-29)27-37(31,32)14-9-19-22(35-5)15-18(33-3)16-23(19)36-6/h7-9,14-16,27H,10-13H2,1-6H3,(H,26,30). The number of sulfonamides is 1. The third kappa shape index (κ3) is 6.77. The highest BCUT2D eigenvalue weighted by atomic mass is 32.2. The maximum Gasteiger partial charge on any atom is 0.255 e. The van der Waals surface area contributed by atoms with Crippen LogP contribution in [0.25, 0.3) is 6.08 Å². The monoisotopic (exact) mass is 534 g/mol. The summed E-state index contributed by atoms with van der Waals surface area (Å²) in [5.41, 5.74) is 1.58. The number of nitrogens with zero attached hydrogens (tertiary/aromatic N) is 2. The Kier molecular flexibility index (Phi) is 9.11. The van der Waals surface area contributed by atoms with Gasteiger partial charge in [-0.15, -0.1) is 0 Å². The molecule has 1 fully saturated rings. The minimum atomic E-state index is -4.02. The molecule has 1 aliphatic rings. The van der Waals surface area contributed by atoms with Crippen LogP contribution in [-0.2, 0) is 14.8 Å². The van der Waals surface area contributed by atoms with Crippen LogP contribution < -0.4 is 33.9 Å². The van der Waals surface area contributed by atoms with E-state index in [9.17, 15) is 13.2 Å². The number of nitrogens with one attached hydrogen (secondary N) is 2. The van der Waals surface area contributed by atoms with Crippen molar-refractivity contribution >= 4 is 39.1 Å². The van der Waals surface area contributed by atoms with E-state index in [1.165, 1.54) is 41.4 Å². The summed E-state index contributed by atoms with van der Waals surface area (Å²) in [6, 6.07) is 6.49. The van der Waals surface area contributed by atoms with Gasteiger partial charge < -0.3 is 34.1 Å². The molecular formula is C25H34N4O7S. The number of ether oxygens (including phenoxy) is 4. The first-order valence-electron chi connectivity index (χ1n) is 11.5. The van der Waals surface area contributed by atoms with Crippen molar-refractivity contribution in [2.45, 2.75) is 6.92 Å². The Bertz CT molecular complexity index is 1230. The van der Waals surface area contributed by atoms with Crippen LogP contribution in [0.15, 0.2) is 29.7 Å². The molecule has 1 saturated heterocycles. The Morgan fingerprint density at radius 3 is 2.03 bits per heavy atom. The van der Waals surface area contributed by atoms with E-state index in [2.05, 4.69) is 19.8 Å². The number of carbonyl (C=O) groups excluding carboxylic acids is 1. The molecule has 3 rings (SSSR count). The van der Waals surface area contributed by atoms with E-state index in [4.69, 9.17) is 18.9 Å². The Hall–Kier alpha value is -3.64. The number of likely N-dealkylation sites (N-methyl/N-ethyl adjacent to an activating group) is 1.